The first-order valence-corrected chi connectivity index (χ1v) is 4.95. The highest BCUT2D eigenvalue weighted by Crippen LogP contribution is 2.01. The summed E-state index contributed by atoms with van der Waals surface area (Å²) in [6.45, 7) is 2.05. The number of carboxylic acids is 1. The van der Waals surface area contributed by atoms with Crippen molar-refractivity contribution in [3.8, 4) is 0 Å². The van der Waals surface area contributed by atoms with Crippen molar-refractivity contribution in [2.45, 2.75) is 25.8 Å². The van der Waals surface area contributed by atoms with Crippen molar-refractivity contribution in [2.75, 3.05) is 6.54 Å². The fourth-order valence-electron chi connectivity index (χ4n) is 1.14. The van der Waals surface area contributed by atoms with Gasteiger partial charge in [-0.05, 0) is 13.3 Å². The SMILES string of the molecule is CC(C(=O)NCCCC(=O)O)n1cncn1. The summed E-state index contributed by atoms with van der Waals surface area (Å²) in [4.78, 5) is 25.5. The van der Waals surface area contributed by atoms with E-state index in [1.165, 1.54) is 17.3 Å². The second-order valence-electron chi connectivity index (χ2n) is 3.34. The molecule has 0 aliphatic carbocycles. The van der Waals surface area contributed by atoms with Crippen molar-refractivity contribution in [1.29, 1.82) is 0 Å². The van der Waals surface area contributed by atoms with Gasteiger partial charge >= 0.3 is 5.97 Å². The molecule has 0 fully saturated rings. The van der Waals surface area contributed by atoms with Gasteiger partial charge in [-0.1, -0.05) is 0 Å². The molecule has 2 N–H and O–H groups in total. The lowest BCUT2D eigenvalue weighted by Crippen LogP contribution is -2.32. The number of carbonyl (C=O) groups is 2. The molecule has 88 valence electrons. The molecule has 0 aromatic carbocycles. The molecule has 1 atom stereocenters. The van der Waals surface area contributed by atoms with Crippen LogP contribution in [-0.2, 0) is 9.59 Å². The van der Waals surface area contributed by atoms with Crippen LogP contribution < -0.4 is 5.32 Å². The normalized spacial score (nSPS) is 12.1. The first-order valence-electron chi connectivity index (χ1n) is 4.95. The molecule has 1 amide bonds. The number of nitrogens with zero attached hydrogens (tertiary/aromatic N) is 3. The van der Waals surface area contributed by atoms with E-state index in [1.807, 2.05) is 0 Å². The van der Waals surface area contributed by atoms with Crippen LogP contribution in [0.4, 0.5) is 0 Å². The third kappa shape index (κ3) is 3.68. The molecule has 7 heteroatoms. The highest BCUT2D eigenvalue weighted by Gasteiger charge is 2.14. The lowest BCUT2D eigenvalue weighted by molar-refractivity contribution is -0.137. The van der Waals surface area contributed by atoms with Crippen molar-refractivity contribution in [2.24, 2.45) is 0 Å². The number of amides is 1. The molecule has 0 radical (unpaired) electrons. The van der Waals surface area contributed by atoms with Gasteiger partial charge in [-0.2, -0.15) is 5.10 Å². The Kier molecular flexibility index (Phi) is 4.43. The standard InChI is InChI=1S/C9H14N4O3/c1-7(13-6-10-5-12-13)9(16)11-4-2-3-8(14)15/h5-7H,2-4H2,1H3,(H,11,16)(H,14,15). The molecular weight excluding hydrogens is 212 g/mol. The lowest BCUT2D eigenvalue weighted by Gasteiger charge is -2.11. The average molecular weight is 226 g/mol. The molecule has 1 aromatic heterocycles. The molecule has 0 aliphatic rings. The zero-order chi connectivity index (χ0) is 12.0. The molecule has 0 bridgehead atoms. The highest BCUT2D eigenvalue weighted by molar-refractivity contribution is 5.79. The Hall–Kier alpha value is -1.92. The first-order chi connectivity index (χ1) is 7.61. The van der Waals surface area contributed by atoms with E-state index >= 15 is 0 Å². The molecule has 1 unspecified atom stereocenters. The predicted octanol–water partition coefficient (Wildman–Crippen LogP) is -0.180. The third-order valence-electron chi connectivity index (χ3n) is 2.08. The minimum atomic E-state index is -0.862. The van der Waals surface area contributed by atoms with Crippen LogP contribution in [0.3, 0.4) is 0 Å². The number of hydrogen-bond donors (Lipinski definition) is 2. The highest BCUT2D eigenvalue weighted by atomic mass is 16.4. The van der Waals surface area contributed by atoms with Crippen LogP contribution in [0, 0.1) is 0 Å². The van der Waals surface area contributed by atoms with Crippen molar-refractivity contribution in [1.82, 2.24) is 20.1 Å². The van der Waals surface area contributed by atoms with Crippen molar-refractivity contribution in [3.05, 3.63) is 12.7 Å². The lowest BCUT2D eigenvalue weighted by atomic mass is 10.3. The van der Waals surface area contributed by atoms with Gasteiger partial charge in [0.05, 0.1) is 0 Å². The fourth-order valence-corrected chi connectivity index (χ4v) is 1.14. The third-order valence-corrected chi connectivity index (χ3v) is 2.08. The Morgan fingerprint density at radius 2 is 2.31 bits per heavy atom. The Balaban J connectivity index is 2.27. The predicted molar refractivity (Wildman–Crippen MR) is 54.6 cm³/mol. The summed E-state index contributed by atoms with van der Waals surface area (Å²) in [6, 6.07) is -0.438. The van der Waals surface area contributed by atoms with Gasteiger partial charge in [0.25, 0.3) is 0 Å². The number of aliphatic carboxylic acids is 1. The molecule has 0 saturated carbocycles. The van der Waals surface area contributed by atoms with E-state index in [4.69, 9.17) is 5.11 Å². The molecule has 1 rings (SSSR count). The van der Waals surface area contributed by atoms with Gasteiger partial charge in [-0.15, -0.1) is 0 Å². The zero-order valence-corrected chi connectivity index (χ0v) is 8.96. The maximum atomic E-state index is 11.5. The summed E-state index contributed by atoms with van der Waals surface area (Å²) in [6.07, 6.45) is 3.29. The van der Waals surface area contributed by atoms with Gasteiger partial charge in [0, 0.05) is 13.0 Å². The van der Waals surface area contributed by atoms with Gasteiger partial charge in [-0.3, -0.25) is 9.59 Å². The largest absolute Gasteiger partial charge is 0.481 e. The van der Waals surface area contributed by atoms with E-state index in [2.05, 4.69) is 15.4 Å². The number of carbonyl (C=O) groups excluding carboxylic acids is 1. The number of rotatable bonds is 6. The van der Waals surface area contributed by atoms with Crippen molar-refractivity contribution >= 4 is 11.9 Å². The minimum Gasteiger partial charge on any atom is -0.481 e. The Morgan fingerprint density at radius 3 is 2.88 bits per heavy atom. The first kappa shape index (κ1) is 12.2. The van der Waals surface area contributed by atoms with Crippen LogP contribution in [0.5, 0.6) is 0 Å². The Bertz CT molecular complexity index is 350. The van der Waals surface area contributed by atoms with Gasteiger partial charge in [0.1, 0.15) is 18.7 Å². The summed E-state index contributed by atoms with van der Waals surface area (Å²) >= 11 is 0. The zero-order valence-electron chi connectivity index (χ0n) is 8.96. The molecule has 7 nitrogen and oxygen atoms in total. The molecule has 0 spiro atoms. The minimum absolute atomic E-state index is 0.0536. The van der Waals surface area contributed by atoms with Gasteiger partial charge in [0.15, 0.2) is 0 Å². The van der Waals surface area contributed by atoms with E-state index < -0.39 is 12.0 Å². The van der Waals surface area contributed by atoms with Crippen LogP contribution in [0.1, 0.15) is 25.8 Å². The molecule has 16 heavy (non-hydrogen) atoms. The van der Waals surface area contributed by atoms with Crippen molar-refractivity contribution < 1.29 is 14.7 Å². The maximum absolute atomic E-state index is 11.5. The van der Waals surface area contributed by atoms with Gasteiger partial charge < -0.3 is 10.4 Å². The van der Waals surface area contributed by atoms with Gasteiger partial charge in [-0.25, -0.2) is 9.67 Å². The summed E-state index contributed by atoms with van der Waals surface area (Å²) in [5.74, 6) is -1.06. The van der Waals surface area contributed by atoms with Crippen LogP contribution in [0.15, 0.2) is 12.7 Å². The smallest absolute Gasteiger partial charge is 0.303 e. The Labute approximate surface area is 92.5 Å². The molecule has 0 saturated heterocycles. The second-order valence-corrected chi connectivity index (χ2v) is 3.34. The summed E-state index contributed by atoms with van der Waals surface area (Å²) < 4.78 is 1.44. The molecular formula is C9H14N4O3. The van der Waals surface area contributed by atoms with Crippen molar-refractivity contribution in [3.63, 3.8) is 0 Å². The number of nitrogens with one attached hydrogen (secondary N) is 1. The molecule has 1 heterocycles. The summed E-state index contributed by atoms with van der Waals surface area (Å²) in [7, 11) is 0. The van der Waals surface area contributed by atoms with E-state index in [-0.39, 0.29) is 12.3 Å². The van der Waals surface area contributed by atoms with E-state index in [9.17, 15) is 9.59 Å². The quantitative estimate of drug-likeness (QED) is 0.656. The monoisotopic (exact) mass is 226 g/mol. The average Bonchev–Trinajstić information content (AvgIpc) is 2.76. The van der Waals surface area contributed by atoms with Crippen LogP contribution in [-0.4, -0.2) is 38.3 Å². The number of hydrogen-bond acceptors (Lipinski definition) is 4. The molecule has 0 aliphatic heterocycles. The maximum Gasteiger partial charge on any atom is 0.303 e. The van der Waals surface area contributed by atoms with Gasteiger partial charge in [0.2, 0.25) is 5.91 Å². The Morgan fingerprint density at radius 1 is 1.56 bits per heavy atom. The van der Waals surface area contributed by atoms with Crippen LogP contribution in [0.25, 0.3) is 0 Å². The van der Waals surface area contributed by atoms with E-state index in [0.717, 1.165) is 0 Å². The topological polar surface area (TPSA) is 97.1 Å². The fraction of sp³-hybridized carbons (Fsp3) is 0.556. The number of carboxylic acid groups (broad SMARTS) is 1. The van der Waals surface area contributed by atoms with E-state index in [0.29, 0.717) is 13.0 Å². The molecule has 1 aromatic rings. The summed E-state index contributed by atoms with van der Waals surface area (Å²) in [5, 5.41) is 14.9. The number of aromatic nitrogens is 3. The van der Waals surface area contributed by atoms with E-state index in [1.54, 1.807) is 6.92 Å². The van der Waals surface area contributed by atoms with Crippen LogP contribution in [0.2, 0.25) is 0 Å². The summed E-state index contributed by atoms with van der Waals surface area (Å²) in [5.41, 5.74) is 0. The van der Waals surface area contributed by atoms with Crippen LogP contribution >= 0.6 is 0 Å². The second kappa shape index (κ2) is 5.84.